The summed E-state index contributed by atoms with van der Waals surface area (Å²) < 4.78 is 2.20. The molecule has 0 radical (unpaired) electrons. The second-order valence-electron chi connectivity index (χ2n) is 4.82. The Labute approximate surface area is 107 Å². The topological polar surface area (TPSA) is 17.8 Å². The summed E-state index contributed by atoms with van der Waals surface area (Å²) in [6.45, 7) is 6.25. The number of hydrogen-bond donors (Lipinski definition) is 0. The van der Waals surface area contributed by atoms with Gasteiger partial charge in [0.25, 0.3) is 0 Å². The van der Waals surface area contributed by atoms with E-state index in [9.17, 15) is 0 Å². The van der Waals surface area contributed by atoms with Crippen LogP contribution in [0, 0.1) is 20.8 Å². The molecule has 3 aromatic rings. The van der Waals surface area contributed by atoms with Crippen LogP contribution in [0.25, 0.3) is 16.7 Å². The number of aryl methyl sites for hydroxylation is 3. The van der Waals surface area contributed by atoms with Crippen molar-refractivity contribution in [3.05, 3.63) is 59.4 Å². The van der Waals surface area contributed by atoms with Crippen molar-refractivity contribution in [1.29, 1.82) is 0 Å². The van der Waals surface area contributed by atoms with Crippen LogP contribution in [-0.2, 0) is 0 Å². The number of hydrogen-bond acceptors (Lipinski definition) is 1. The SMILES string of the molecule is Cc1ccc(-n2c(C)nc3cc(C)ccc32)cc1. The molecule has 0 bridgehead atoms. The lowest BCUT2D eigenvalue weighted by Gasteiger charge is -2.07. The molecule has 0 spiro atoms. The maximum Gasteiger partial charge on any atom is 0.111 e. The fourth-order valence-electron chi connectivity index (χ4n) is 2.33. The number of rotatable bonds is 1. The van der Waals surface area contributed by atoms with Crippen molar-refractivity contribution < 1.29 is 0 Å². The highest BCUT2D eigenvalue weighted by Crippen LogP contribution is 2.22. The average Bonchev–Trinajstić information content (AvgIpc) is 2.65. The molecule has 0 N–H and O–H groups in total. The van der Waals surface area contributed by atoms with Gasteiger partial charge in [-0.3, -0.25) is 4.57 Å². The van der Waals surface area contributed by atoms with Crippen LogP contribution in [-0.4, -0.2) is 9.55 Å². The summed E-state index contributed by atoms with van der Waals surface area (Å²) in [6, 6.07) is 15.0. The highest BCUT2D eigenvalue weighted by Gasteiger charge is 2.08. The quantitative estimate of drug-likeness (QED) is 0.625. The number of imidazole rings is 1. The molecule has 0 aliphatic heterocycles. The van der Waals surface area contributed by atoms with Gasteiger partial charge in [-0.25, -0.2) is 4.98 Å². The summed E-state index contributed by atoms with van der Waals surface area (Å²) in [7, 11) is 0. The average molecular weight is 236 g/mol. The minimum atomic E-state index is 1.03. The molecule has 90 valence electrons. The van der Waals surface area contributed by atoms with Crippen LogP contribution in [0.4, 0.5) is 0 Å². The fourth-order valence-corrected chi connectivity index (χ4v) is 2.33. The van der Waals surface area contributed by atoms with Crippen molar-refractivity contribution in [1.82, 2.24) is 9.55 Å². The predicted octanol–water partition coefficient (Wildman–Crippen LogP) is 3.95. The zero-order chi connectivity index (χ0) is 12.7. The van der Waals surface area contributed by atoms with E-state index < -0.39 is 0 Å². The van der Waals surface area contributed by atoms with Gasteiger partial charge in [-0.15, -0.1) is 0 Å². The number of nitrogens with zero attached hydrogens (tertiary/aromatic N) is 2. The van der Waals surface area contributed by atoms with Gasteiger partial charge in [-0.1, -0.05) is 23.8 Å². The van der Waals surface area contributed by atoms with Gasteiger partial charge in [0, 0.05) is 5.69 Å². The van der Waals surface area contributed by atoms with Crippen molar-refractivity contribution >= 4 is 11.0 Å². The van der Waals surface area contributed by atoms with Gasteiger partial charge >= 0.3 is 0 Å². The third-order valence-electron chi connectivity index (χ3n) is 3.27. The standard InChI is InChI=1S/C16H16N2/c1-11-4-7-14(8-5-11)18-13(3)17-15-10-12(2)6-9-16(15)18/h4-10H,1-3H3. The van der Waals surface area contributed by atoms with E-state index in [0.29, 0.717) is 0 Å². The fraction of sp³-hybridized carbons (Fsp3) is 0.188. The van der Waals surface area contributed by atoms with Crippen LogP contribution in [0.1, 0.15) is 17.0 Å². The van der Waals surface area contributed by atoms with E-state index in [4.69, 9.17) is 0 Å². The molecular formula is C16H16N2. The minimum absolute atomic E-state index is 1.03. The Bertz CT molecular complexity index is 706. The van der Waals surface area contributed by atoms with E-state index in [1.165, 1.54) is 22.3 Å². The lowest BCUT2D eigenvalue weighted by molar-refractivity contribution is 1.000. The number of aromatic nitrogens is 2. The normalized spacial score (nSPS) is 11.1. The molecule has 2 heteroatoms. The van der Waals surface area contributed by atoms with E-state index in [0.717, 1.165) is 11.3 Å². The summed E-state index contributed by atoms with van der Waals surface area (Å²) in [4.78, 5) is 4.64. The predicted molar refractivity (Wildman–Crippen MR) is 75.3 cm³/mol. The molecule has 0 saturated heterocycles. The van der Waals surface area contributed by atoms with Crippen LogP contribution in [0.3, 0.4) is 0 Å². The highest BCUT2D eigenvalue weighted by molar-refractivity contribution is 5.79. The van der Waals surface area contributed by atoms with Crippen LogP contribution in [0.2, 0.25) is 0 Å². The summed E-state index contributed by atoms with van der Waals surface area (Å²) in [5, 5.41) is 0. The van der Waals surface area contributed by atoms with Crippen LogP contribution in [0.5, 0.6) is 0 Å². The van der Waals surface area contributed by atoms with E-state index in [1.54, 1.807) is 0 Å². The van der Waals surface area contributed by atoms with E-state index >= 15 is 0 Å². The molecule has 0 fully saturated rings. The third-order valence-corrected chi connectivity index (χ3v) is 3.27. The van der Waals surface area contributed by atoms with Gasteiger partial charge in [0.05, 0.1) is 11.0 Å². The molecule has 3 rings (SSSR count). The molecule has 0 atom stereocenters. The summed E-state index contributed by atoms with van der Waals surface area (Å²) in [5.74, 6) is 1.03. The van der Waals surface area contributed by atoms with Crippen molar-refractivity contribution in [2.24, 2.45) is 0 Å². The first-order valence-corrected chi connectivity index (χ1v) is 6.18. The Balaban J connectivity index is 2.28. The summed E-state index contributed by atoms with van der Waals surface area (Å²) in [6.07, 6.45) is 0. The largest absolute Gasteiger partial charge is 0.297 e. The van der Waals surface area contributed by atoms with Crippen LogP contribution >= 0.6 is 0 Å². The van der Waals surface area contributed by atoms with Gasteiger partial charge in [0.15, 0.2) is 0 Å². The Kier molecular flexibility index (Phi) is 2.44. The summed E-state index contributed by atoms with van der Waals surface area (Å²) >= 11 is 0. The lowest BCUT2D eigenvalue weighted by Crippen LogP contribution is -1.96. The molecule has 1 aromatic heterocycles. The van der Waals surface area contributed by atoms with Gasteiger partial charge in [-0.2, -0.15) is 0 Å². The summed E-state index contributed by atoms with van der Waals surface area (Å²) in [5.41, 5.74) is 5.92. The minimum Gasteiger partial charge on any atom is -0.297 e. The van der Waals surface area contributed by atoms with E-state index in [-0.39, 0.29) is 0 Å². The molecule has 0 aliphatic carbocycles. The Morgan fingerprint density at radius 1 is 0.833 bits per heavy atom. The van der Waals surface area contributed by atoms with E-state index in [1.807, 2.05) is 0 Å². The van der Waals surface area contributed by atoms with Crippen LogP contribution in [0.15, 0.2) is 42.5 Å². The first-order chi connectivity index (χ1) is 8.65. The lowest BCUT2D eigenvalue weighted by atomic mass is 10.2. The monoisotopic (exact) mass is 236 g/mol. The zero-order valence-corrected chi connectivity index (χ0v) is 10.9. The number of fused-ring (bicyclic) bond motifs is 1. The van der Waals surface area contributed by atoms with Gasteiger partial charge in [0.2, 0.25) is 0 Å². The Morgan fingerprint density at radius 2 is 1.50 bits per heavy atom. The highest BCUT2D eigenvalue weighted by atomic mass is 15.1. The molecule has 0 aliphatic rings. The second kappa shape index (κ2) is 3.98. The van der Waals surface area contributed by atoms with Crippen molar-refractivity contribution in [2.75, 3.05) is 0 Å². The molecular weight excluding hydrogens is 220 g/mol. The van der Waals surface area contributed by atoms with Crippen molar-refractivity contribution in [3.8, 4) is 5.69 Å². The third kappa shape index (κ3) is 1.70. The molecule has 0 saturated carbocycles. The maximum atomic E-state index is 4.64. The number of benzene rings is 2. The van der Waals surface area contributed by atoms with E-state index in [2.05, 4.69) is 72.8 Å². The van der Waals surface area contributed by atoms with Crippen LogP contribution < -0.4 is 0 Å². The molecule has 0 unspecified atom stereocenters. The molecule has 2 nitrogen and oxygen atoms in total. The Morgan fingerprint density at radius 3 is 2.22 bits per heavy atom. The van der Waals surface area contributed by atoms with Gasteiger partial charge in [0.1, 0.15) is 5.82 Å². The Hall–Kier alpha value is -2.09. The van der Waals surface area contributed by atoms with Gasteiger partial charge < -0.3 is 0 Å². The first kappa shape index (κ1) is 11.0. The smallest absolute Gasteiger partial charge is 0.111 e. The molecule has 0 amide bonds. The van der Waals surface area contributed by atoms with Crippen molar-refractivity contribution in [2.45, 2.75) is 20.8 Å². The zero-order valence-electron chi connectivity index (χ0n) is 10.9. The first-order valence-electron chi connectivity index (χ1n) is 6.18. The maximum absolute atomic E-state index is 4.64. The van der Waals surface area contributed by atoms with Crippen molar-refractivity contribution in [3.63, 3.8) is 0 Å². The molecule has 1 heterocycles. The second-order valence-corrected chi connectivity index (χ2v) is 4.82. The van der Waals surface area contributed by atoms with Gasteiger partial charge in [-0.05, 0) is 50.6 Å². The molecule has 2 aromatic carbocycles. The molecule has 18 heavy (non-hydrogen) atoms.